The molecule has 1 saturated heterocycles. The Morgan fingerprint density at radius 2 is 1.88 bits per heavy atom. The van der Waals surface area contributed by atoms with Gasteiger partial charge in [-0.25, -0.2) is 4.52 Å². The number of nitrogens with zero attached hydrogens (tertiary/aromatic N) is 5. The van der Waals surface area contributed by atoms with E-state index in [1.165, 1.54) is 0 Å². The van der Waals surface area contributed by atoms with Crippen LogP contribution in [0.3, 0.4) is 0 Å². The highest BCUT2D eigenvalue weighted by atomic mass is 16.2. The van der Waals surface area contributed by atoms with Crippen LogP contribution in [0.15, 0.2) is 66.3 Å². The van der Waals surface area contributed by atoms with Crippen LogP contribution in [0.5, 0.6) is 0 Å². The summed E-state index contributed by atoms with van der Waals surface area (Å²) in [5.41, 5.74) is 6.44. The van der Waals surface area contributed by atoms with Crippen molar-refractivity contribution in [3.8, 4) is 0 Å². The van der Waals surface area contributed by atoms with Crippen LogP contribution in [-0.4, -0.2) is 55.5 Å². The molecule has 0 bridgehead atoms. The van der Waals surface area contributed by atoms with Gasteiger partial charge in [-0.05, 0) is 64.5 Å². The molecule has 34 heavy (non-hydrogen) atoms. The molecule has 0 radical (unpaired) electrons. The van der Waals surface area contributed by atoms with E-state index in [1.807, 2.05) is 61.1 Å². The fourth-order valence-electron chi connectivity index (χ4n) is 4.97. The Kier molecular flexibility index (Phi) is 5.73. The van der Waals surface area contributed by atoms with Gasteiger partial charge in [0.15, 0.2) is 0 Å². The maximum atomic E-state index is 13.4. The number of nitrogens with one attached hydrogen (secondary N) is 1. The predicted molar refractivity (Wildman–Crippen MR) is 135 cm³/mol. The number of fused-ring (bicyclic) bond motifs is 2. The standard InChI is InChI=1S/C27H32N6O/c1-5-28-27(4)11-13-31(14-12-27)23-10-9-22-8-6-7-21(15-26(34)32(22)18-23)24-16-25-20(3)29-19(2)17-33(25)30-24/h6-10,15-18,28H,5,11-14H2,1-4H3/b7-6+,21-15+,22-8+. The molecule has 0 atom stereocenters. The predicted octanol–water partition coefficient (Wildman–Crippen LogP) is 3.89. The van der Waals surface area contributed by atoms with Gasteiger partial charge in [0.05, 0.1) is 34.5 Å². The summed E-state index contributed by atoms with van der Waals surface area (Å²) in [6.07, 6.45) is 17.7. The molecule has 0 spiro atoms. The van der Waals surface area contributed by atoms with Crippen LogP contribution >= 0.6 is 0 Å². The van der Waals surface area contributed by atoms with E-state index in [9.17, 15) is 4.79 Å². The number of allylic oxidation sites excluding steroid dienone is 6. The van der Waals surface area contributed by atoms with Crippen LogP contribution in [0, 0.1) is 13.8 Å². The zero-order valence-corrected chi connectivity index (χ0v) is 20.4. The first-order valence-corrected chi connectivity index (χ1v) is 12.0. The second-order valence-electron chi connectivity index (χ2n) is 9.55. The molecular formula is C27H32N6O. The number of amides is 1. The van der Waals surface area contributed by atoms with E-state index >= 15 is 0 Å². The lowest BCUT2D eigenvalue weighted by molar-refractivity contribution is -0.122. The maximum Gasteiger partial charge on any atom is 0.255 e. The highest BCUT2D eigenvalue weighted by Crippen LogP contribution is 2.29. The molecule has 1 N–H and O–H groups in total. The van der Waals surface area contributed by atoms with Crippen molar-refractivity contribution in [3.63, 3.8) is 0 Å². The molecule has 0 aromatic carbocycles. The lowest BCUT2D eigenvalue weighted by Gasteiger charge is -2.42. The summed E-state index contributed by atoms with van der Waals surface area (Å²) in [5, 5.41) is 8.33. The second-order valence-corrected chi connectivity index (χ2v) is 9.55. The van der Waals surface area contributed by atoms with Crippen LogP contribution in [-0.2, 0) is 4.79 Å². The summed E-state index contributed by atoms with van der Waals surface area (Å²) in [6.45, 7) is 11.3. The molecule has 7 nitrogen and oxygen atoms in total. The molecule has 3 aliphatic heterocycles. The second kappa shape index (κ2) is 8.72. The number of piperidine rings is 1. The minimum atomic E-state index is -0.0787. The number of carbonyl (C=O) groups is 1. The van der Waals surface area contributed by atoms with Gasteiger partial charge >= 0.3 is 0 Å². The molecule has 1 fully saturated rings. The number of aryl methyl sites for hydroxylation is 2. The smallest absolute Gasteiger partial charge is 0.255 e. The lowest BCUT2D eigenvalue weighted by Crippen LogP contribution is -2.51. The molecule has 176 valence electrons. The molecule has 5 heterocycles. The Balaban J connectivity index is 1.41. The third kappa shape index (κ3) is 4.23. The summed E-state index contributed by atoms with van der Waals surface area (Å²) in [7, 11) is 0. The van der Waals surface area contributed by atoms with E-state index in [0.29, 0.717) is 0 Å². The number of likely N-dealkylation sites (tertiary alicyclic amines) is 1. The van der Waals surface area contributed by atoms with Crippen molar-refractivity contribution >= 4 is 17.0 Å². The first kappa shape index (κ1) is 22.3. The molecule has 0 unspecified atom stereocenters. The third-order valence-corrected chi connectivity index (χ3v) is 6.91. The largest absolute Gasteiger partial charge is 0.370 e. The molecule has 2 aromatic heterocycles. The molecule has 0 aliphatic carbocycles. The number of aromatic nitrogens is 3. The zero-order valence-electron chi connectivity index (χ0n) is 20.4. The van der Waals surface area contributed by atoms with Crippen molar-refractivity contribution in [2.75, 3.05) is 19.6 Å². The third-order valence-electron chi connectivity index (χ3n) is 6.91. The van der Waals surface area contributed by atoms with Crippen LogP contribution in [0.25, 0.3) is 11.1 Å². The maximum absolute atomic E-state index is 13.4. The van der Waals surface area contributed by atoms with E-state index < -0.39 is 0 Å². The van der Waals surface area contributed by atoms with Crippen LogP contribution in [0.4, 0.5) is 0 Å². The number of hydrogen-bond donors (Lipinski definition) is 1. The minimum Gasteiger partial charge on any atom is -0.370 e. The average Bonchev–Trinajstić information content (AvgIpc) is 3.22. The molecular weight excluding hydrogens is 424 g/mol. The highest BCUT2D eigenvalue weighted by Gasteiger charge is 2.30. The zero-order chi connectivity index (χ0) is 23.9. The van der Waals surface area contributed by atoms with Crippen molar-refractivity contribution in [1.29, 1.82) is 0 Å². The Labute approximate surface area is 200 Å². The Morgan fingerprint density at radius 3 is 2.65 bits per heavy atom. The summed E-state index contributed by atoms with van der Waals surface area (Å²) in [4.78, 5) is 22.0. The van der Waals surface area contributed by atoms with E-state index in [2.05, 4.69) is 35.1 Å². The molecule has 5 rings (SSSR count). The van der Waals surface area contributed by atoms with Gasteiger partial charge < -0.3 is 10.2 Å². The van der Waals surface area contributed by atoms with Gasteiger partial charge in [-0.3, -0.25) is 14.7 Å². The molecule has 7 heteroatoms. The minimum absolute atomic E-state index is 0.0787. The summed E-state index contributed by atoms with van der Waals surface area (Å²) in [5.74, 6) is -0.0787. The summed E-state index contributed by atoms with van der Waals surface area (Å²) < 4.78 is 1.84. The fourth-order valence-corrected chi connectivity index (χ4v) is 4.97. The van der Waals surface area contributed by atoms with E-state index in [1.54, 1.807) is 11.0 Å². The SMILES string of the molecule is CCNC1(C)CCN(C2=CN3C(=O)\C=C(c4cc5c(C)nc(C)cn5n4)/C=C/C=C/3C=C2)CC1. The molecule has 1 amide bonds. The fraction of sp³-hybridized carbons (Fsp3) is 0.370. The van der Waals surface area contributed by atoms with E-state index in [0.717, 1.165) is 72.0 Å². The van der Waals surface area contributed by atoms with Gasteiger partial charge in [-0.15, -0.1) is 0 Å². The van der Waals surface area contributed by atoms with Crippen LogP contribution in [0.2, 0.25) is 0 Å². The molecule has 3 aliphatic rings. The Bertz CT molecular complexity index is 1280. The van der Waals surface area contributed by atoms with E-state index in [-0.39, 0.29) is 11.4 Å². The van der Waals surface area contributed by atoms with Gasteiger partial charge in [0.1, 0.15) is 0 Å². The van der Waals surface area contributed by atoms with Crippen molar-refractivity contribution in [2.24, 2.45) is 0 Å². The normalized spacial score (nSPS) is 24.0. The van der Waals surface area contributed by atoms with E-state index in [4.69, 9.17) is 5.10 Å². The Morgan fingerprint density at radius 1 is 1.12 bits per heavy atom. The van der Waals surface area contributed by atoms with Crippen molar-refractivity contribution in [3.05, 3.63) is 83.4 Å². The van der Waals surface area contributed by atoms with Gasteiger partial charge in [0.25, 0.3) is 5.91 Å². The molecule has 0 saturated carbocycles. The molecule has 2 aromatic rings. The number of rotatable bonds is 4. The monoisotopic (exact) mass is 456 g/mol. The van der Waals surface area contributed by atoms with Gasteiger partial charge in [0, 0.05) is 42.2 Å². The number of carbonyl (C=O) groups excluding carboxylic acids is 1. The quantitative estimate of drug-likeness (QED) is 0.756. The Hall–Kier alpha value is -3.45. The lowest BCUT2D eigenvalue weighted by atomic mass is 9.89. The van der Waals surface area contributed by atoms with Crippen molar-refractivity contribution in [2.45, 2.75) is 46.1 Å². The van der Waals surface area contributed by atoms with Crippen molar-refractivity contribution < 1.29 is 4.79 Å². The van der Waals surface area contributed by atoms with Gasteiger partial charge in [0.2, 0.25) is 0 Å². The summed E-state index contributed by atoms with van der Waals surface area (Å²) in [6, 6.07) is 1.99. The van der Waals surface area contributed by atoms with Crippen LogP contribution in [0.1, 0.15) is 43.8 Å². The highest BCUT2D eigenvalue weighted by molar-refractivity contribution is 5.99. The average molecular weight is 457 g/mol. The van der Waals surface area contributed by atoms with Gasteiger partial charge in [-0.2, -0.15) is 5.10 Å². The first-order chi connectivity index (χ1) is 16.3. The topological polar surface area (TPSA) is 65.8 Å². The first-order valence-electron chi connectivity index (χ1n) is 12.0. The van der Waals surface area contributed by atoms with Gasteiger partial charge in [-0.1, -0.05) is 19.1 Å². The van der Waals surface area contributed by atoms with Crippen molar-refractivity contribution in [1.82, 2.24) is 29.7 Å². The summed E-state index contributed by atoms with van der Waals surface area (Å²) >= 11 is 0. The number of hydrogen-bond acceptors (Lipinski definition) is 5. The van der Waals surface area contributed by atoms with Crippen LogP contribution < -0.4 is 5.32 Å².